The molecule has 0 fully saturated rings. The SMILES string of the molecule is O=C(c1ccccc1)c1nc2ncc(-c3cc[nH]c3)cc2[nH]1. The molecule has 0 aliphatic heterocycles. The fourth-order valence-corrected chi connectivity index (χ4v) is 2.40. The van der Waals surface area contributed by atoms with Gasteiger partial charge in [0, 0.05) is 35.3 Å². The number of carbonyl (C=O) groups excluding carboxylic acids is 1. The second kappa shape index (κ2) is 4.96. The number of nitrogens with one attached hydrogen (secondary N) is 2. The highest BCUT2D eigenvalue weighted by atomic mass is 16.1. The van der Waals surface area contributed by atoms with Crippen molar-refractivity contribution in [2.75, 3.05) is 0 Å². The summed E-state index contributed by atoms with van der Waals surface area (Å²) in [5, 5.41) is 0. The number of ketones is 1. The van der Waals surface area contributed by atoms with Gasteiger partial charge in [-0.15, -0.1) is 0 Å². The van der Waals surface area contributed by atoms with Crippen molar-refractivity contribution < 1.29 is 4.79 Å². The van der Waals surface area contributed by atoms with Gasteiger partial charge in [-0.1, -0.05) is 30.3 Å². The highest BCUT2D eigenvalue weighted by Gasteiger charge is 2.14. The van der Waals surface area contributed by atoms with Gasteiger partial charge in [-0.2, -0.15) is 0 Å². The first-order chi connectivity index (χ1) is 10.8. The number of pyridine rings is 1. The van der Waals surface area contributed by atoms with E-state index in [1.54, 1.807) is 18.3 Å². The van der Waals surface area contributed by atoms with E-state index in [0.717, 1.165) is 16.6 Å². The summed E-state index contributed by atoms with van der Waals surface area (Å²) in [7, 11) is 0. The monoisotopic (exact) mass is 288 g/mol. The molecule has 3 aromatic heterocycles. The minimum absolute atomic E-state index is 0.137. The van der Waals surface area contributed by atoms with Crippen LogP contribution in [-0.4, -0.2) is 25.7 Å². The zero-order valence-corrected chi connectivity index (χ0v) is 11.6. The quantitative estimate of drug-likeness (QED) is 0.568. The van der Waals surface area contributed by atoms with Crippen molar-refractivity contribution in [3.63, 3.8) is 0 Å². The number of rotatable bonds is 3. The van der Waals surface area contributed by atoms with Gasteiger partial charge in [-0.25, -0.2) is 9.97 Å². The van der Waals surface area contributed by atoms with Crippen molar-refractivity contribution in [3.8, 4) is 11.1 Å². The van der Waals surface area contributed by atoms with E-state index < -0.39 is 0 Å². The van der Waals surface area contributed by atoms with Crippen LogP contribution in [0.3, 0.4) is 0 Å². The zero-order valence-electron chi connectivity index (χ0n) is 11.6. The van der Waals surface area contributed by atoms with E-state index in [1.807, 2.05) is 42.7 Å². The molecule has 0 aliphatic rings. The van der Waals surface area contributed by atoms with Crippen LogP contribution in [0.4, 0.5) is 0 Å². The topological polar surface area (TPSA) is 74.4 Å². The Morgan fingerprint density at radius 3 is 2.68 bits per heavy atom. The first-order valence-corrected chi connectivity index (χ1v) is 6.90. The second-order valence-electron chi connectivity index (χ2n) is 4.98. The van der Waals surface area contributed by atoms with Crippen LogP contribution in [0.25, 0.3) is 22.3 Å². The number of benzene rings is 1. The summed E-state index contributed by atoms with van der Waals surface area (Å²) in [4.78, 5) is 27.1. The van der Waals surface area contributed by atoms with Crippen LogP contribution in [-0.2, 0) is 0 Å². The van der Waals surface area contributed by atoms with Gasteiger partial charge in [0.15, 0.2) is 11.5 Å². The number of nitrogens with zero attached hydrogens (tertiary/aromatic N) is 2. The van der Waals surface area contributed by atoms with Crippen LogP contribution >= 0.6 is 0 Å². The summed E-state index contributed by atoms with van der Waals surface area (Å²) in [6.07, 6.45) is 5.51. The van der Waals surface area contributed by atoms with Crippen LogP contribution in [0.15, 0.2) is 61.1 Å². The van der Waals surface area contributed by atoms with Gasteiger partial charge >= 0.3 is 0 Å². The largest absolute Gasteiger partial charge is 0.367 e. The van der Waals surface area contributed by atoms with Crippen molar-refractivity contribution in [1.29, 1.82) is 0 Å². The Morgan fingerprint density at radius 2 is 1.91 bits per heavy atom. The van der Waals surface area contributed by atoms with Gasteiger partial charge in [-0.3, -0.25) is 4.79 Å². The van der Waals surface area contributed by atoms with E-state index >= 15 is 0 Å². The number of hydrogen-bond acceptors (Lipinski definition) is 3. The van der Waals surface area contributed by atoms with Crippen LogP contribution in [0.5, 0.6) is 0 Å². The molecule has 0 saturated heterocycles. The van der Waals surface area contributed by atoms with Crippen molar-refractivity contribution in [1.82, 2.24) is 19.9 Å². The van der Waals surface area contributed by atoms with Crippen molar-refractivity contribution in [3.05, 3.63) is 72.4 Å². The maximum Gasteiger partial charge on any atom is 0.228 e. The molecule has 5 nitrogen and oxygen atoms in total. The van der Waals surface area contributed by atoms with E-state index in [2.05, 4.69) is 19.9 Å². The van der Waals surface area contributed by atoms with Gasteiger partial charge in [0.25, 0.3) is 0 Å². The normalized spacial score (nSPS) is 10.9. The molecule has 0 radical (unpaired) electrons. The van der Waals surface area contributed by atoms with Crippen LogP contribution in [0, 0.1) is 0 Å². The minimum atomic E-state index is -0.137. The number of H-pyrrole nitrogens is 2. The lowest BCUT2D eigenvalue weighted by Gasteiger charge is -1.96. The predicted octanol–water partition coefficient (Wildman–Crippen LogP) is 3.18. The fraction of sp³-hybridized carbons (Fsp3) is 0. The maximum absolute atomic E-state index is 12.4. The van der Waals surface area contributed by atoms with Crippen molar-refractivity contribution in [2.45, 2.75) is 0 Å². The summed E-state index contributed by atoms with van der Waals surface area (Å²) >= 11 is 0. The summed E-state index contributed by atoms with van der Waals surface area (Å²) < 4.78 is 0. The van der Waals surface area contributed by atoms with E-state index in [0.29, 0.717) is 17.0 Å². The molecule has 0 amide bonds. The third kappa shape index (κ3) is 2.09. The Balaban J connectivity index is 1.76. The molecule has 4 rings (SSSR count). The Hall–Kier alpha value is -3.21. The number of hydrogen-bond donors (Lipinski definition) is 2. The first-order valence-electron chi connectivity index (χ1n) is 6.90. The summed E-state index contributed by atoms with van der Waals surface area (Å²) in [6.45, 7) is 0. The number of fused-ring (bicyclic) bond motifs is 1. The Kier molecular flexibility index (Phi) is 2.83. The van der Waals surface area contributed by atoms with Gasteiger partial charge in [0.2, 0.25) is 5.78 Å². The molecular formula is C17H12N4O. The summed E-state index contributed by atoms with van der Waals surface area (Å²) in [5.74, 6) is 0.168. The number of aromatic amines is 2. The molecule has 2 N–H and O–H groups in total. The summed E-state index contributed by atoms with van der Waals surface area (Å²) in [6, 6.07) is 13.0. The Morgan fingerprint density at radius 1 is 1.05 bits per heavy atom. The average molecular weight is 288 g/mol. The van der Waals surface area contributed by atoms with Gasteiger partial charge in [0.1, 0.15) is 0 Å². The number of aromatic nitrogens is 4. The third-order valence-electron chi connectivity index (χ3n) is 3.52. The molecule has 0 bridgehead atoms. The Labute approximate surface area is 126 Å². The standard InChI is InChI=1S/C17H12N4O/c22-15(11-4-2-1-3-5-11)17-20-14-8-13(10-19-16(14)21-17)12-6-7-18-9-12/h1-10,18H,(H,19,20,21). The molecule has 0 unspecified atom stereocenters. The first kappa shape index (κ1) is 12.5. The molecule has 5 heteroatoms. The molecule has 0 atom stereocenters. The van der Waals surface area contributed by atoms with E-state index in [4.69, 9.17) is 0 Å². The van der Waals surface area contributed by atoms with Gasteiger partial charge in [0.05, 0.1) is 5.52 Å². The molecule has 22 heavy (non-hydrogen) atoms. The van der Waals surface area contributed by atoms with Gasteiger partial charge < -0.3 is 9.97 Å². The van der Waals surface area contributed by atoms with Crippen LogP contribution in [0.2, 0.25) is 0 Å². The lowest BCUT2D eigenvalue weighted by Crippen LogP contribution is -2.02. The second-order valence-corrected chi connectivity index (χ2v) is 4.98. The van der Waals surface area contributed by atoms with Crippen molar-refractivity contribution >= 4 is 16.9 Å². The molecule has 4 aromatic rings. The summed E-state index contributed by atoms with van der Waals surface area (Å²) in [5.41, 5.74) is 3.90. The fourth-order valence-electron chi connectivity index (χ4n) is 2.40. The van der Waals surface area contributed by atoms with Gasteiger partial charge in [-0.05, 0) is 12.1 Å². The molecule has 0 aliphatic carbocycles. The molecule has 0 spiro atoms. The smallest absolute Gasteiger partial charge is 0.228 e. The third-order valence-corrected chi connectivity index (χ3v) is 3.52. The molecule has 3 heterocycles. The lowest BCUT2D eigenvalue weighted by atomic mass is 10.1. The molecule has 1 aromatic carbocycles. The highest BCUT2D eigenvalue weighted by molar-refractivity contribution is 6.07. The Bertz CT molecular complexity index is 939. The minimum Gasteiger partial charge on any atom is -0.367 e. The molecular weight excluding hydrogens is 276 g/mol. The van der Waals surface area contributed by atoms with Crippen LogP contribution < -0.4 is 0 Å². The maximum atomic E-state index is 12.4. The average Bonchev–Trinajstić information content (AvgIpc) is 3.23. The van der Waals surface area contributed by atoms with E-state index in [-0.39, 0.29) is 5.78 Å². The highest BCUT2D eigenvalue weighted by Crippen LogP contribution is 2.21. The number of carbonyl (C=O) groups is 1. The van der Waals surface area contributed by atoms with E-state index in [1.165, 1.54) is 0 Å². The molecule has 106 valence electrons. The molecule has 0 saturated carbocycles. The van der Waals surface area contributed by atoms with Crippen molar-refractivity contribution in [2.24, 2.45) is 0 Å². The van der Waals surface area contributed by atoms with Crippen LogP contribution in [0.1, 0.15) is 16.2 Å². The predicted molar refractivity (Wildman–Crippen MR) is 83.5 cm³/mol. The number of imidazole rings is 1. The lowest BCUT2D eigenvalue weighted by molar-refractivity contribution is 0.103. The van der Waals surface area contributed by atoms with E-state index in [9.17, 15) is 4.79 Å². The zero-order chi connectivity index (χ0) is 14.9.